The van der Waals surface area contributed by atoms with Crippen molar-refractivity contribution in [1.29, 1.82) is 0 Å². The molecule has 0 aromatic carbocycles. The monoisotopic (exact) mass is 203 g/mol. The van der Waals surface area contributed by atoms with Crippen LogP contribution in [0.5, 0.6) is 0 Å². The molecule has 1 aromatic rings. The van der Waals surface area contributed by atoms with Gasteiger partial charge in [0.25, 0.3) is 0 Å². The largest absolute Gasteiger partial charge is 0.307 e. The van der Waals surface area contributed by atoms with E-state index in [0.717, 1.165) is 18.9 Å². The number of hydrogen-bond acceptors (Lipinski definition) is 3. The lowest BCUT2D eigenvalue weighted by atomic mass is 9.98. The van der Waals surface area contributed by atoms with Crippen LogP contribution in [0.3, 0.4) is 0 Å². The van der Waals surface area contributed by atoms with Gasteiger partial charge in [0.05, 0.1) is 11.4 Å². The average molecular weight is 203 g/mol. The predicted molar refractivity (Wildman–Crippen MR) is 58.5 cm³/mol. The van der Waals surface area contributed by atoms with Crippen molar-refractivity contribution in [2.45, 2.75) is 51.6 Å². The summed E-state index contributed by atoms with van der Waals surface area (Å²) in [5.74, 6) is 1.65. The van der Waals surface area contributed by atoms with E-state index < -0.39 is 0 Å². The molecule has 1 aromatic heterocycles. The van der Waals surface area contributed by atoms with Crippen LogP contribution in [0.1, 0.15) is 54.4 Å². The summed E-state index contributed by atoms with van der Waals surface area (Å²) >= 11 is 0. The van der Waals surface area contributed by atoms with Gasteiger partial charge in [-0.1, -0.05) is 12.8 Å². The third-order valence-electron chi connectivity index (χ3n) is 3.57. The summed E-state index contributed by atoms with van der Waals surface area (Å²) in [6, 6.07) is 0. The molecule has 0 amide bonds. The highest BCUT2D eigenvalue weighted by atomic mass is 15.0. The molecule has 3 heteroatoms. The van der Waals surface area contributed by atoms with Gasteiger partial charge in [-0.25, -0.2) is 9.97 Å². The number of hydrogen-bond donors (Lipinski definition) is 1. The Bertz CT molecular complexity index is 381. The molecule has 2 heterocycles. The molecule has 0 radical (unpaired) electrons. The van der Waals surface area contributed by atoms with Crippen LogP contribution in [0.25, 0.3) is 0 Å². The standard InChI is InChI=1S/C12H17N3/c1-8-14-11-7-13-6-10(11)12(15-8)9-4-2-3-5-9/h9,13H,2-7H2,1H3. The predicted octanol–water partition coefficient (Wildman–Crippen LogP) is 2.05. The van der Waals surface area contributed by atoms with Crippen molar-refractivity contribution in [2.24, 2.45) is 0 Å². The smallest absolute Gasteiger partial charge is 0.125 e. The van der Waals surface area contributed by atoms with Gasteiger partial charge in [-0.3, -0.25) is 0 Å². The molecule has 1 saturated carbocycles. The van der Waals surface area contributed by atoms with Crippen molar-refractivity contribution in [3.8, 4) is 0 Å². The third kappa shape index (κ3) is 1.55. The number of nitrogens with one attached hydrogen (secondary N) is 1. The molecule has 0 unspecified atom stereocenters. The summed E-state index contributed by atoms with van der Waals surface area (Å²) < 4.78 is 0. The maximum absolute atomic E-state index is 4.68. The van der Waals surface area contributed by atoms with Gasteiger partial charge in [-0.05, 0) is 19.8 Å². The summed E-state index contributed by atoms with van der Waals surface area (Å²) in [7, 11) is 0. The minimum atomic E-state index is 0.709. The molecule has 3 nitrogen and oxygen atoms in total. The molecule has 1 aliphatic carbocycles. The van der Waals surface area contributed by atoms with Crippen molar-refractivity contribution in [3.05, 3.63) is 22.8 Å². The Kier molecular flexibility index (Phi) is 2.20. The van der Waals surface area contributed by atoms with Gasteiger partial charge < -0.3 is 5.32 Å². The van der Waals surface area contributed by atoms with Gasteiger partial charge >= 0.3 is 0 Å². The molecule has 0 bridgehead atoms. The second-order valence-electron chi connectivity index (χ2n) is 4.67. The molecule has 0 saturated heterocycles. The van der Waals surface area contributed by atoms with Gasteiger partial charge in [0.1, 0.15) is 5.82 Å². The SMILES string of the molecule is Cc1nc2c(c(C3CCCC3)n1)CNC2. The van der Waals surface area contributed by atoms with E-state index in [9.17, 15) is 0 Å². The van der Waals surface area contributed by atoms with Crippen molar-refractivity contribution in [3.63, 3.8) is 0 Å². The zero-order valence-electron chi connectivity index (χ0n) is 9.21. The third-order valence-corrected chi connectivity index (χ3v) is 3.57. The van der Waals surface area contributed by atoms with Crippen LogP contribution in [0.2, 0.25) is 0 Å². The fourth-order valence-corrected chi connectivity index (χ4v) is 2.86. The van der Waals surface area contributed by atoms with Gasteiger partial charge in [-0.2, -0.15) is 0 Å². The van der Waals surface area contributed by atoms with E-state index in [1.807, 2.05) is 6.92 Å². The first-order valence-corrected chi connectivity index (χ1v) is 5.91. The van der Waals surface area contributed by atoms with Crippen LogP contribution >= 0.6 is 0 Å². The van der Waals surface area contributed by atoms with Crippen molar-refractivity contribution in [1.82, 2.24) is 15.3 Å². The lowest BCUT2D eigenvalue weighted by Crippen LogP contribution is -2.07. The van der Waals surface area contributed by atoms with Crippen LogP contribution in [-0.2, 0) is 13.1 Å². The van der Waals surface area contributed by atoms with Gasteiger partial charge in [0, 0.05) is 24.6 Å². The lowest BCUT2D eigenvalue weighted by Gasteiger charge is -2.13. The zero-order valence-corrected chi connectivity index (χ0v) is 9.21. The number of fused-ring (bicyclic) bond motifs is 1. The number of rotatable bonds is 1. The van der Waals surface area contributed by atoms with Crippen LogP contribution in [0.4, 0.5) is 0 Å². The zero-order chi connectivity index (χ0) is 10.3. The lowest BCUT2D eigenvalue weighted by molar-refractivity contribution is 0.674. The second-order valence-corrected chi connectivity index (χ2v) is 4.67. The van der Waals surface area contributed by atoms with Gasteiger partial charge in [-0.15, -0.1) is 0 Å². The molecule has 3 rings (SSSR count). The van der Waals surface area contributed by atoms with E-state index in [4.69, 9.17) is 0 Å². The highest BCUT2D eigenvalue weighted by Crippen LogP contribution is 2.36. The maximum atomic E-state index is 4.68. The van der Waals surface area contributed by atoms with Crippen molar-refractivity contribution < 1.29 is 0 Å². The first-order chi connectivity index (χ1) is 7.34. The summed E-state index contributed by atoms with van der Waals surface area (Å²) in [5, 5.41) is 3.38. The van der Waals surface area contributed by atoms with Crippen molar-refractivity contribution >= 4 is 0 Å². The van der Waals surface area contributed by atoms with Crippen LogP contribution in [0.15, 0.2) is 0 Å². The van der Waals surface area contributed by atoms with E-state index in [-0.39, 0.29) is 0 Å². The van der Waals surface area contributed by atoms with Crippen molar-refractivity contribution in [2.75, 3.05) is 0 Å². The molecule has 1 aliphatic heterocycles. The Morgan fingerprint density at radius 2 is 1.93 bits per heavy atom. The Balaban J connectivity index is 2.05. The number of nitrogens with zero attached hydrogens (tertiary/aromatic N) is 2. The molecule has 80 valence electrons. The highest BCUT2D eigenvalue weighted by molar-refractivity contribution is 5.32. The first-order valence-electron chi connectivity index (χ1n) is 5.91. The Morgan fingerprint density at radius 1 is 1.13 bits per heavy atom. The van der Waals surface area contributed by atoms with Crippen LogP contribution in [-0.4, -0.2) is 9.97 Å². The highest BCUT2D eigenvalue weighted by Gasteiger charge is 2.25. The Labute approximate surface area is 90.3 Å². The normalized spacial score (nSPS) is 20.9. The topological polar surface area (TPSA) is 37.8 Å². The molecule has 1 fully saturated rings. The molecular weight excluding hydrogens is 186 g/mol. The van der Waals surface area contributed by atoms with E-state index in [2.05, 4.69) is 15.3 Å². The quantitative estimate of drug-likeness (QED) is 0.759. The summed E-state index contributed by atoms with van der Waals surface area (Å²) in [5.41, 5.74) is 3.98. The fourth-order valence-electron chi connectivity index (χ4n) is 2.86. The summed E-state index contributed by atoms with van der Waals surface area (Å²) in [6.07, 6.45) is 5.39. The Hall–Kier alpha value is -0.960. The number of aromatic nitrogens is 2. The average Bonchev–Trinajstić information content (AvgIpc) is 2.86. The molecule has 0 spiro atoms. The van der Waals surface area contributed by atoms with E-state index in [1.54, 1.807) is 0 Å². The van der Waals surface area contributed by atoms with Gasteiger partial charge in [0.2, 0.25) is 0 Å². The molecule has 1 N–H and O–H groups in total. The van der Waals surface area contributed by atoms with Gasteiger partial charge in [0.15, 0.2) is 0 Å². The molecular formula is C12H17N3. The van der Waals surface area contributed by atoms with E-state index >= 15 is 0 Å². The minimum Gasteiger partial charge on any atom is -0.307 e. The maximum Gasteiger partial charge on any atom is 0.125 e. The van der Waals surface area contributed by atoms with Crippen LogP contribution in [0, 0.1) is 6.92 Å². The minimum absolute atomic E-state index is 0.709. The number of aryl methyl sites for hydroxylation is 1. The molecule has 0 atom stereocenters. The first kappa shape index (κ1) is 9.28. The Morgan fingerprint density at radius 3 is 2.73 bits per heavy atom. The summed E-state index contributed by atoms with van der Waals surface area (Å²) in [4.78, 5) is 9.19. The second kappa shape index (κ2) is 3.56. The summed E-state index contributed by atoms with van der Waals surface area (Å²) in [6.45, 7) is 3.91. The molecule has 15 heavy (non-hydrogen) atoms. The van der Waals surface area contributed by atoms with Crippen LogP contribution < -0.4 is 5.32 Å². The van der Waals surface area contributed by atoms with E-state index in [1.165, 1.54) is 42.6 Å². The van der Waals surface area contributed by atoms with E-state index in [0.29, 0.717) is 5.92 Å². The fraction of sp³-hybridized carbons (Fsp3) is 0.667. The molecule has 2 aliphatic rings.